The quantitative estimate of drug-likeness (QED) is 0.498. The molecule has 0 amide bonds. The zero-order valence-electron chi connectivity index (χ0n) is 10.4. The number of hydrogen-bond acceptors (Lipinski definition) is 5. The molecular formula is C13H14N4O2. The van der Waals surface area contributed by atoms with Gasteiger partial charge in [-0.15, -0.1) is 0 Å². The van der Waals surface area contributed by atoms with Crippen LogP contribution in [-0.2, 0) is 0 Å². The van der Waals surface area contributed by atoms with E-state index < -0.39 is 4.92 Å². The van der Waals surface area contributed by atoms with Crippen LogP contribution in [0.4, 0.5) is 11.5 Å². The molecule has 1 aromatic heterocycles. The molecule has 1 aliphatic carbocycles. The Hall–Kier alpha value is -2.42. The third-order valence-electron chi connectivity index (χ3n) is 3.07. The lowest BCUT2D eigenvalue weighted by Crippen LogP contribution is -2.07. The largest absolute Gasteiger partial charge is 0.364 e. The molecule has 0 bridgehead atoms. The van der Waals surface area contributed by atoms with Crippen molar-refractivity contribution in [2.45, 2.75) is 25.7 Å². The van der Waals surface area contributed by atoms with Crippen molar-refractivity contribution in [2.75, 3.05) is 11.9 Å². The van der Waals surface area contributed by atoms with Gasteiger partial charge in [-0.05, 0) is 25.7 Å². The van der Waals surface area contributed by atoms with Crippen molar-refractivity contribution in [1.82, 2.24) is 4.98 Å². The van der Waals surface area contributed by atoms with E-state index in [0.29, 0.717) is 6.54 Å². The Labute approximate surface area is 110 Å². The van der Waals surface area contributed by atoms with Crippen LogP contribution >= 0.6 is 0 Å². The van der Waals surface area contributed by atoms with Gasteiger partial charge in [0, 0.05) is 18.8 Å². The van der Waals surface area contributed by atoms with Crippen molar-refractivity contribution in [2.24, 2.45) is 0 Å². The smallest absolute Gasteiger partial charge is 0.312 e. The van der Waals surface area contributed by atoms with E-state index >= 15 is 0 Å². The Morgan fingerprint density at radius 3 is 3.05 bits per heavy atom. The van der Waals surface area contributed by atoms with Crippen molar-refractivity contribution in [1.29, 1.82) is 5.26 Å². The molecule has 98 valence electrons. The molecule has 0 radical (unpaired) electrons. The molecule has 1 aliphatic rings. The van der Waals surface area contributed by atoms with Crippen LogP contribution in [0.3, 0.4) is 0 Å². The summed E-state index contributed by atoms with van der Waals surface area (Å²) in [5.41, 5.74) is 1.43. The predicted molar refractivity (Wildman–Crippen MR) is 70.6 cm³/mol. The third kappa shape index (κ3) is 3.28. The fraction of sp³-hybridized carbons (Fsp3) is 0.385. The summed E-state index contributed by atoms with van der Waals surface area (Å²) in [5.74, 6) is 0.225. The fourth-order valence-electron chi connectivity index (χ4n) is 2.10. The van der Waals surface area contributed by atoms with E-state index in [9.17, 15) is 10.1 Å². The van der Waals surface area contributed by atoms with Gasteiger partial charge < -0.3 is 5.32 Å². The van der Waals surface area contributed by atoms with Crippen LogP contribution in [0.1, 0.15) is 31.2 Å². The van der Waals surface area contributed by atoms with Crippen LogP contribution in [-0.4, -0.2) is 16.5 Å². The highest BCUT2D eigenvalue weighted by Crippen LogP contribution is 2.24. The first-order chi connectivity index (χ1) is 9.20. The van der Waals surface area contributed by atoms with Crippen LogP contribution in [0.15, 0.2) is 23.9 Å². The minimum Gasteiger partial charge on any atom is -0.364 e. The van der Waals surface area contributed by atoms with E-state index in [2.05, 4.69) is 16.4 Å². The van der Waals surface area contributed by atoms with E-state index in [-0.39, 0.29) is 17.1 Å². The van der Waals surface area contributed by atoms with Gasteiger partial charge in [-0.25, -0.2) is 4.98 Å². The number of aromatic nitrogens is 1. The Kier molecular flexibility index (Phi) is 4.08. The normalized spacial score (nSPS) is 13.7. The fourth-order valence-corrected chi connectivity index (χ4v) is 2.10. The number of hydrogen-bond donors (Lipinski definition) is 1. The number of nitriles is 1. The minimum absolute atomic E-state index is 0.153. The maximum Gasteiger partial charge on any atom is 0.312 e. The van der Waals surface area contributed by atoms with E-state index in [1.165, 1.54) is 24.3 Å². The van der Waals surface area contributed by atoms with Crippen LogP contribution < -0.4 is 5.32 Å². The number of allylic oxidation sites excluding steroid dienone is 1. The molecule has 6 heteroatoms. The molecule has 1 heterocycles. The summed E-state index contributed by atoms with van der Waals surface area (Å²) >= 11 is 0. The summed E-state index contributed by atoms with van der Waals surface area (Å²) in [4.78, 5) is 14.3. The maximum atomic E-state index is 10.9. The van der Waals surface area contributed by atoms with E-state index in [4.69, 9.17) is 5.26 Å². The highest BCUT2D eigenvalue weighted by atomic mass is 16.6. The van der Waals surface area contributed by atoms with Gasteiger partial charge in [0.2, 0.25) is 5.82 Å². The zero-order valence-corrected chi connectivity index (χ0v) is 10.4. The van der Waals surface area contributed by atoms with Crippen LogP contribution in [0, 0.1) is 21.4 Å². The number of pyridine rings is 1. The Morgan fingerprint density at radius 1 is 1.58 bits per heavy atom. The minimum atomic E-state index is -0.523. The molecule has 6 nitrogen and oxygen atoms in total. The molecule has 1 aromatic rings. The Balaban J connectivity index is 2.03. The number of nitrogens with zero attached hydrogens (tertiary/aromatic N) is 3. The average molecular weight is 258 g/mol. The summed E-state index contributed by atoms with van der Waals surface area (Å²) in [6.45, 7) is 0.617. The summed E-state index contributed by atoms with van der Waals surface area (Å²) in [6.07, 6.45) is 7.88. The zero-order chi connectivity index (χ0) is 13.7. The third-order valence-corrected chi connectivity index (χ3v) is 3.07. The summed E-state index contributed by atoms with van der Waals surface area (Å²) < 4.78 is 0. The lowest BCUT2D eigenvalue weighted by molar-refractivity contribution is -0.384. The lowest BCUT2D eigenvalue weighted by Gasteiger charge is -2.06. The van der Waals surface area contributed by atoms with Crippen molar-refractivity contribution >= 4 is 11.5 Å². The second kappa shape index (κ2) is 5.96. The number of nitrogens with one attached hydrogen (secondary N) is 1. The molecule has 1 N–H and O–H groups in total. The first-order valence-corrected chi connectivity index (χ1v) is 6.17. The highest BCUT2D eigenvalue weighted by molar-refractivity contribution is 5.58. The number of rotatable bonds is 5. The summed E-state index contributed by atoms with van der Waals surface area (Å²) in [6, 6.07) is 3.09. The van der Waals surface area contributed by atoms with Crippen molar-refractivity contribution in [3.63, 3.8) is 0 Å². The lowest BCUT2D eigenvalue weighted by atomic mass is 10.1. The van der Waals surface area contributed by atoms with Gasteiger partial charge >= 0.3 is 5.69 Å². The molecule has 0 fully saturated rings. The Morgan fingerprint density at radius 2 is 2.42 bits per heavy atom. The molecule has 0 atom stereocenters. The molecule has 0 aliphatic heterocycles. The summed E-state index contributed by atoms with van der Waals surface area (Å²) in [5, 5.41) is 22.6. The second-order valence-corrected chi connectivity index (χ2v) is 4.39. The summed E-state index contributed by atoms with van der Waals surface area (Å²) in [7, 11) is 0. The first-order valence-electron chi connectivity index (χ1n) is 6.17. The van der Waals surface area contributed by atoms with Gasteiger partial charge in [0.1, 0.15) is 6.07 Å². The highest BCUT2D eigenvalue weighted by Gasteiger charge is 2.16. The Bertz CT molecular complexity index is 560. The standard InChI is InChI=1S/C13H14N4O2/c14-8-11-7-12(17(18)19)13(16-9-11)15-6-5-10-3-1-2-4-10/h3,7,9H,1-2,4-6H2,(H,15,16). The van der Waals surface area contributed by atoms with Gasteiger partial charge in [-0.3, -0.25) is 10.1 Å². The molecule has 0 saturated heterocycles. The first kappa shape index (κ1) is 13.0. The molecular weight excluding hydrogens is 244 g/mol. The van der Waals surface area contributed by atoms with E-state index in [0.717, 1.165) is 19.3 Å². The number of nitro groups is 1. The maximum absolute atomic E-state index is 10.9. The van der Waals surface area contributed by atoms with Gasteiger partial charge in [0.25, 0.3) is 0 Å². The van der Waals surface area contributed by atoms with Crippen molar-refractivity contribution < 1.29 is 4.92 Å². The van der Waals surface area contributed by atoms with Crippen LogP contribution in [0.25, 0.3) is 0 Å². The van der Waals surface area contributed by atoms with Crippen molar-refractivity contribution in [3.05, 3.63) is 39.6 Å². The molecule has 0 unspecified atom stereocenters. The van der Waals surface area contributed by atoms with E-state index in [1.54, 1.807) is 0 Å². The SMILES string of the molecule is N#Cc1cnc(NCCC2=CCCC2)c([N+](=O)[O-])c1. The average Bonchev–Trinajstić information content (AvgIpc) is 2.92. The molecule has 19 heavy (non-hydrogen) atoms. The van der Waals surface area contributed by atoms with Gasteiger partial charge in [-0.2, -0.15) is 5.26 Å². The topological polar surface area (TPSA) is 91.8 Å². The van der Waals surface area contributed by atoms with Crippen LogP contribution in [0.5, 0.6) is 0 Å². The van der Waals surface area contributed by atoms with Gasteiger partial charge in [0.05, 0.1) is 10.5 Å². The van der Waals surface area contributed by atoms with Gasteiger partial charge in [0.15, 0.2) is 0 Å². The number of anilines is 1. The predicted octanol–water partition coefficient (Wildman–Crippen LogP) is 2.77. The van der Waals surface area contributed by atoms with Crippen molar-refractivity contribution in [3.8, 4) is 6.07 Å². The second-order valence-electron chi connectivity index (χ2n) is 4.39. The van der Waals surface area contributed by atoms with Crippen LogP contribution in [0.2, 0.25) is 0 Å². The van der Waals surface area contributed by atoms with E-state index in [1.807, 2.05) is 6.07 Å². The molecule has 0 spiro atoms. The molecule has 0 saturated carbocycles. The molecule has 2 rings (SSSR count). The molecule has 0 aromatic carbocycles. The monoisotopic (exact) mass is 258 g/mol. The van der Waals surface area contributed by atoms with Gasteiger partial charge in [-0.1, -0.05) is 11.6 Å².